The van der Waals surface area contributed by atoms with Crippen molar-refractivity contribution in [3.63, 3.8) is 0 Å². The molecule has 2 amide bonds. The molecular weight excluding hydrogens is 587 g/mol. The number of nitrogens with zero attached hydrogens (tertiary/aromatic N) is 3. The summed E-state index contributed by atoms with van der Waals surface area (Å²) in [5.74, 6) is -0.875. The Morgan fingerprint density at radius 3 is 2.41 bits per heavy atom. The lowest BCUT2D eigenvalue weighted by Gasteiger charge is -2.36. The van der Waals surface area contributed by atoms with Gasteiger partial charge in [0.05, 0.1) is 35.5 Å². The Morgan fingerprint density at radius 2 is 1.77 bits per heavy atom. The van der Waals surface area contributed by atoms with Crippen molar-refractivity contribution < 1.29 is 24.2 Å². The molecule has 1 aliphatic carbocycles. The third kappa shape index (κ3) is 4.94. The van der Waals surface area contributed by atoms with Gasteiger partial charge in [-0.1, -0.05) is 31.5 Å². The normalized spacial score (nSPS) is 24.2. The third-order valence-corrected chi connectivity index (χ3v) is 9.80. The Hall–Kier alpha value is -4.19. The molecular formula is C32H34ClFN6O4. The van der Waals surface area contributed by atoms with Crippen LogP contribution in [0.5, 0.6) is 0 Å². The second-order valence-electron chi connectivity index (χ2n) is 12.3. The van der Waals surface area contributed by atoms with Gasteiger partial charge in [-0.05, 0) is 72.0 Å². The Labute approximate surface area is 259 Å². The van der Waals surface area contributed by atoms with Gasteiger partial charge < -0.3 is 26.2 Å². The van der Waals surface area contributed by atoms with Gasteiger partial charge in [-0.25, -0.2) is 9.37 Å². The van der Waals surface area contributed by atoms with Crippen LogP contribution in [0.1, 0.15) is 47.8 Å². The molecule has 1 saturated heterocycles. The molecule has 10 nitrogen and oxygen atoms in total. The van der Waals surface area contributed by atoms with E-state index in [-0.39, 0.29) is 29.6 Å². The van der Waals surface area contributed by atoms with Gasteiger partial charge in [0.25, 0.3) is 11.8 Å². The molecule has 3 aromatic rings. The number of aliphatic hydroxyl groups excluding tert-OH is 2. The molecule has 1 aromatic heterocycles. The summed E-state index contributed by atoms with van der Waals surface area (Å²) in [5.41, 5.74) is 12.2. The minimum Gasteiger partial charge on any atom is -0.396 e. The Kier molecular flexibility index (Phi) is 7.51. The first kappa shape index (κ1) is 29.9. The molecule has 2 aromatic carbocycles. The van der Waals surface area contributed by atoms with E-state index in [1.54, 1.807) is 23.2 Å². The monoisotopic (exact) mass is 620 g/mol. The van der Waals surface area contributed by atoms with E-state index in [0.29, 0.717) is 48.8 Å². The highest BCUT2D eigenvalue weighted by atomic mass is 35.5. The van der Waals surface area contributed by atoms with Gasteiger partial charge in [0.15, 0.2) is 0 Å². The van der Waals surface area contributed by atoms with Gasteiger partial charge >= 0.3 is 0 Å². The van der Waals surface area contributed by atoms with Crippen molar-refractivity contribution in [1.82, 2.24) is 10.4 Å². The molecule has 3 atom stereocenters. The van der Waals surface area contributed by atoms with Gasteiger partial charge in [-0.3, -0.25) is 20.0 Å². The van der Waals surface area contributed by atoms with E-state index < -0.39 is 28.7 Å². The van der Waals surface area contributed by atoms with E-state index in [1.165, 1.54) is 18.3 Å². The Morgan fingerprint density at radius 1 is 1.09 bits per heavy atom. The summed E-state index contributed by atoms with van der Waals surface area (Å²) in [5, 5.41) is 25.1. The molecule has 2 aliphatic heterocycles. The SMILES string of the molecule is C[C@]1(CO)CN(c2cc(C(=O)Nc3ccc4c(c3)C3C(=C(C(N)=O)NN3c3ccc(F)cc3)CC4)c(Cl)cn2)C[C@@]1(C)CO. The summed E-state index contributed by atoms with van der Waals surface area (Å²) < 4.78 is 13.7. The highest BCUT2D eigenvalue weighted by molar-refractivity contribution is 6.34. The van der Waals surface area contributed by atoms with Crippen molar-refractivity contribution >= 4 is 40.6 Å². The zero-order valence-electron chi connectivity index (χ0n) is 24.4. The van der Waals surface area contributed by atoms with E-state index in [2.05, 4.69) is 15.7 Å². The molecule has 230 valence electrons. The van der Waals surface area contributed by atoms with Gasteiger partial charge in [-0.15, -0.1) is 0 Å². The number of anilines is 3. The zero-order valence-corrected chi connectivity index (χ0v) is 25.2. The lowest BCUT2D eigenvalue weighted by Crippen LogP contribution is -2.41. The van der Waals surface area contributed by atoms with Crippen LogP contribution >= 0.6 is 11.6 Å². The number of pyridine rings is 1. The molecule has 1 unspecified atom stereocenters. The van der Waals surface area contributed by atoms with Crippen LogP contribution in [0.2, 0.25) is 5.02 Å². The molecule has 3 heterocycles. The second kappa shape index (κ2) is 11.1. The Balaban J connectivity index is 1.30. The Bertz CT molecular complexity index is 1670. The number of hydrazine groups is 1. The van der Waals surface area contributed by atoms with Crippen molar-refractivity contribution in [2.45, 2.75) is 32.7 Å². The number of nitrogens with two attached hydrogens (primary N) is 1. The van der Waals surface area contributed by atoms with Crippen molar-refractivity contribution in [3.05, 3.63) is 93.5 Å². The first-order chi connectivity index (χ1) is 21.0. The number of hydrogen-bond donors (Lipinski definition) is 5. The average molecular weight is 621 g/mol. The number of hydrogen-bond acceptors (Lipinski definition) is 8. The van der Waals surface area contributed by atoms with Gasteiger partial charge in [0.1, 0.15) is 17.3 Å². The number of benzene rings is 2. The number of aromatic nitrogens is 1. The molecule has 0 radical (unpaired) electrons. The van der Waals surface area contributed by atoms with Crippen LogP contribution in [0, 0.1) is 16.6 Å². The number of amides is 2. The maximum atomic E-state index is 13.7. The number of fused-ring (bicyclic) bond motifs is 3. The zero-order chi connectivity index (χ0) is 31.4. The predicted molar refractivity (Wildman–Crippen MR) is 166 cm³/mol. The number of carbonyl (C=O) groups excluding carboxylic acids is 2. The number of aryl methyl sites for hydroxylation is 1. The topological polar surface area (TPSA) is 144 Å². The van der Waals surface area contributed by atoms with E-state index in [1.807, 2.05) is 36.9 Å². The fraction of sp³-hybridized carbons (Fsp3) is 0.344. The number of aliphatic hydroxyl groups is 2. The van der Waals surface area contributed by atoms with Crippen LogP contribution in [0.3, 0.4) is 0 Å². The summed E-state index contributed by atoms with van der Waals surface area (Å²) in [7, 11) is 0. The lowest BCUT2D eigenvalue weighted by molar-refractivity contribution is -0.114. The second-order valence-corrected chi connectivity index (χ2v) is 12.7. The maximum absolute atomic E-state index is 13.7. The van der Waals surface area contributed by atoms with Crippen LogP contribution in [0.15, 0.2) is 66.0 Å². The first-order valence-electron chi connectivity index (χ1n) is 14.4. The van der Waals surface area contributed by atoms with E-state index in [0.717, 1.165) is 16.7 Å². The van der Waals surface area contributed by atoms with Crippen LogP contribution < -0.4 is 26.4 Å². The fourth-order valence-electron chi connectivity index (χ4n) is 6.49. The standard InChI is InChI=1S/C32H34ClFN6O4/c1-31(16-41)14-39(15-32(31,2)17-42)26-12-24(25(33)13-36-26)30(44)37-20-7-3-18-4-10-22-27(29(35)43)38-40(28(22)23(18)11-20)21-8-5-19(34)6-9-21/h3,5-9,11-13,28,38,41-42H,4,10,14-17H2,1-2H3,(H2,35,43)(H,37,44)/t28?,31-,32+. The number of carbonyl (C=O) groups is 2. The fourth-order valence-corrected chi connectivity index (χ4v) is 6.68. The minimum absolute atomic E-state index is 0.104. The van der Waals surface area contributed by atoms with Crippen molar-refractivity contribution in [2.75, 3.05) is 41.5 Å². The number of rotatable bonds is 7. The number of primary amides is 1. The van der Waals surface area contributed by atoms with Crippen molar-refractivity contribution in [1.29, 1.82) is 0 Å². The molecule has 0 spiro atoms. The van der Waals surface area contributed by atoms with Crippen LogP contribution in [0.25, 0.3) is 0 Å². The first-order valence-corrected chi connectivity index (χ1v) is 14.8. The van der Waals surface area contributed by atoms with Gasteiger partial charge in [0.2, 0.25) is 0 Å². The summed E-state index contributed by atoms with van der Waals surface area (Å²) in [6, 6.07) is 12.8. The van der Waals surface area contributed by atoms with Crippen LogP contribution in [0.4, 0.5) is 21.6 Å². The van der Waals surface area contributed by atoms with Gasteiger partial charge in [-0.2, -0.15) is 0 Å². The summed E-state index contributed by atoms with van der Waals surface area (Å²) in [4.78, 5) is 32.3. The van der Waals surface area contributed by atoms with Gasteiger partial charge in [0, 0.05) is 35.8 Å². The van der Waals surface area contributed by atoms with E-state index in [4.69, 9.17) is 17.3 Å². The lowest BCUT2D eigenvalue weighted by atomic mass is 9.69. The molecule has 3 aliphatic rings. The molecule has 0 bridgehead atoms. The molecule has 44 heavy (non-hydrogen) atoms. The predicted octanol–water partition coefficient (Wildman–Crippen LogP) is 3.70. The highest BCUT2D eigenvalue weighted by Crippen LogP contribution is 2.47. The summed E-state index contributed by atoms with van der Waals surface area (Å²) in [6.07, 6.45) is 2.72. The molecule has 1 fully saturated rings. The smallest absolute Gasteiger partial charge is 0.266 e. The third-order valence-electron chi connectivity index (χ3n) is 9.50. The van der Waals surface area contributed by atoms with E-state index in [9.17, 15) is 24.2 Å². The highest BCUT2D eigenvalue weighted by Gasteiger charge is 2.51. The average Bonchev–Trinajstić information content (AvgIpc) is 3.54. The number of halogens is 2. The quantitative estimate of drug-likeness (QED) is 0.269. The van der Waals surface area contributed by atoms with Crippen molar-refractivity contribution in [3.8, 4) is 0 Å². The largest absolute Gasteiger partial charge is 0.396 e. The molecule has 6 rings (SSSR count). The summed E-state index contributed by atoms with van der Waals surface area (Å²) in [6.45, 7) is 4.54. The molecule has 0 saturated carbocycles. The van der Waals surface area contributed by atoms with Crippen molar-refractivity contribution in [2.24, 2.45) is 16.6 Å². The van der Waals surface area contributed by atoms with Crippen LogP contribution in [-0.4, -0.2) is 53.3 Å². The molecule has 12 heteroatoms. The van der Waals surface area contributed by atoms with E-state index >= 15 is 0 Å². The maximum Gasteiger partial charge on any atom is 0.266 e. The minimum atomic E-state index is -0.581. The van der Waals surface area contributed by atoms with Crippen LogP contribution in [-0.2, 0) is 11.2 Å². The number of nitrogens with one attached hydrogen (secondary N) is 2. The summed E-state index contributed by atoms with van der Waals surface area (Å²) >= 11 is 6.45. The molecule has 6 N–H and O–H groups in total.